The van der Waals surface area contributed by atoms with E-state index < -0.39 is 17.7 Å². The average molecular weight is 416 g/mol. The van der Waals surface area contributed by atoms with Crippen molar-refractivity contribution in [3.8, 4) is 5.75 Å². The number of thiophene rings is 1. The lowest BCUT2D eigenvalue weighted by molar-refractivity contribution is -0.129. The lowest BCUT2D eigenvalue weighted by Crippen LogP contribution is -2.32. The SMILES string of the molecule is COc1ccc(C2C(C(=O)c3cccs3)=C(O)C(=O)N2CCCOC(C)C)cc1. The van der Waals surface area contributed by atoms with Gasteiger partial charge in [0.2, 0.25) is 5.78 Å². The minimum atomic E-state index is -0.651. The van der Waals surface area contributed by atoms with E-state index in [1.807, 2.05) is 26.0 Å². The van der Waals surface area contributed by atoms with Gasteiger partial charge in [0.05, 0.1) is 29.7 Å². The number of hydrogen-bond acceptors (Lipinski definition) is 6. The third kappa shape index (κ3) is 4.52. The number of carbonyl (C=O) groups is 2. The zero-order valence-corrected chi connectivity index (χ0v) is 17.6. The van der Waals surface area contributed by atoms with Crippen LogP contribution >= 0.6 is 11.3 Å². The van der Waals surface area contributed by atoms with Gasteiger partial charge in [-0.1, -0.05) is 18.2 Å². The minimum Gasteiger partial charge on any atom is -0.503 e. The van der Waals surface area contributed by atoms with Gasteiger partial charge in [-0.25, -0.2) is 0 Å². The van der Waals surface area contributed by atoms with Gasteiger partial charge in [0.15, 0.2) is 5.76 Å². The fourth-order valence-corrected chi connectivity index (χ4v) is 4.02. The molecule has 1 aromatic heterocycles. The van der Waals surface area contributed by atoms with Gasteiger partial charge in [0, 0.05) is 13.2 Å². The molecule has 0 saturated carbocycles. The summed E-state index contributed by atoms with van der Waals surface area (Å²) in [6.45, 7) is 4.76. The Morgan fingerprint density at radius 3 is 2.55 bits per heavy atom. The monoisotopic (exact) mass is 415 g/mol. The average Bonchev–Trinajstić information content (AvgIpc) is 3.33. The van der Waals surface area contributed by atoms with Gasteiger partial charge in [-0.3, -0.25) is 9.59 Å². The number of ketones is 1. The van der Waals surface area contributed by atoms with Crippen LogP contribution in [0.2, 0.25) is 0 Å². The number of rotatable bonds is 9. The lowest BCUT2D eigenvalue weighted by Gasteiger charge is -2.27. The smallest absolute Gasteiger partial charge is 0.290 e. The molecule has 7 heteroatoms. The van der Waals surface area contributed by atoms with E-state index in [2.05, 4.69) is 0 Å². The highest BCUT2D eigenvalue weighted by Gasteiger charge is 2.43. The third-order valence-electron chi connectivity index (χ3n) is 4.72. The first-order valence-electron chi connectivity index (χ1n) is 9.52. The van der Waals surface area contributed by atoms with Crippen molar-refractivity contribution < 1.29 is 24.2 Å². The lowest BCUT2D eigenvalue weighted by atomic mass is 9.95. The molecule has 2 aromatic rings. The number of ether oxygens (including phenoxy) is 2. The second-order valence-electron chi connectivity index (χ2n) is 7.02. The van der Waals surface area contributed by atoms with Crippen molar-refractivity contribution in [2.24, 2.45) is 0 Å². The minimum absolute atomic E-state index is 0.101. The van der Waals surface area contributed by atoms with Crippen LogP contribution in [0.15, 0.2) is 53.1 Å². The maximum Gasteiger partial charge on any atom is 0.290 e. The van der Waals surface area contributed by atoms with E-state index in [9.17, 15) is 14.7 Å². The molecule has 0 saturated heterocycles. The van der Waals surface area contributed by atoms with Crippen molar-refractivity contribution in [2.75, 3.05) is 20.3 Å². The van der Waals surface area contributed by atoms with Crippen LogP contribution in [0.1, 0.15) is 41.5 Å². The van der Waals surface area contributed by atoms with Crippen molar-refractivity contribution in [3.05, 3.63) is 63.6 Å². The number of nitrogens with zero attached hydrogens (tertiary/aromatic N) is 1. The molecule has 1 aliphatic rings. The highest BCUT2D eigenvalue weighted by molar-refractivity contribution is 7.12. The van der Waals surface area contributed by atoms with E-state index in [0.29, 0.717) is 30.2 Å². The standard InChI is InChI=1S/C22H25NO5S/c1-14(2)28-12-5-11-23-19(15-7-9-16(27-3)10-8-15)18(21(25)22(23)26)20(24)17-6-4-13-29-17/h4,6-10,13-14,19,25H,5,11-12H2,1-3H3. The molecule has 1 unspecified atom stereocenters. The second-order valence-corrected chi connectivity index (χ2v) is 7.96. The van der Waals surface area contributed by atoms with Gasteiger partial charge in [0.25, 0.3) is 5.91 Å². The van der Waals surface area contributed by atoms with Crippen LogP contribution in [0.25, 0.3) is 0 Å². The molecular weight excluding hydrogens is 390 g/mol. The molecule has 0 fully saturated rings. The zero-order valence-electron chi connectivity index (χ0n) is 16.8. The van der Waals surface area contributed by atoms with Crippen molar-refractivity contribution in [1.82, 2.24) is 4.90 Å². The predicted octanol–water partition coefficient (Wildman–Crippen LogP) is 4.15. The molecular formula is C22H25NO5S. The van der Waals surface area contributed by atoms with Crippen LogP contribution in [0.4, 0.5) is 0 Å². The van der Waals surface area contributed by atoms with E-state index in [-0.39, 0.29) is 17.5 Å². The summed E-state index contributed by atoms with van der Waals surface area (Å²) >= 11 is 1.29. The van der Waals surface area contributed by atoms with Gasteiger partial charge in [-0.15, -0.1) is 11.3 Å². The summed E-state index contributed by atoms with van der Waals surface area (Å²) in [5.41, 5.74) is 0.861. The number of carbonyl (C=O) groups excluding carboxylic acids is 2. The van der Waals surface area contributed by atoms with Crippen LogP contribution < -0.4 is 4.74 Å². The molecule has 0 spiro atoms. The highest BCUT2D eigenvalue weighted by atomic mass is 32.1. The summed E-state index contributed by atoms with van der Waals surface area (Å²) in [6, 6.07) is 10.0. The molecule has 6 nitrogen and oxygen atoms in total. The number of methoxy groups -OCH3 is 1. The van der Waals surface area contributed by atoms with E-state index in [1.54, 1.807) is 41.7 Å². The molecule has 154 valence electrons. The molecule has 0 aliphatic carbocycles. The first-order valence-corrected chi connectivity index (χ1v) is 10.4. The van der Waals surface area contributed by atoms with E-state index in [0.717, 1.165) is 5.56 Å². The van der Waals surface area contributed by atoms with Gasteiger partial charge >= 0.3 is 0 Å². The van der Waals surface area contributed by atoms with Gasteiger partial charge in [0.1, 0.15) is 5.75 Å². The number of Topliss-reactive ketones (excluding diaryl/α,β-unsaturated/α-hetero) is 1. The Morgan fingerprint density at radius 1 is 1.24 bits per heavy atom. The fraction of sp³-hybridized carbons (Fsp3) is 0.364. The summed E-state index contributed by atoms with van der Waals surface area (Å²) in [7, 11) is 1.58. The van der Waals surface area contributed by atoms with Gasteiger partial charge in [-0.2, -0.15) is 0 Å². The van der Waals surface area contributed by atoms with Crippen LogP contribution in [0.3, 0.4) is 0 Å². The van der Waals surface area contributed by atoms with Crippen LogP contribution in [0, 0.1) is 0 Å². The van der Waals surface area contributed by atoms with E-state index >= 15 is 0 Å². The molecule has 1 amide bonds. The summed E-state index contributed by atoms with van der Waals surface area (Å²) in [5.74, 6) is -0.661. The zero-order chi connectivity index (χ0) is 21.0. The van der Waals surface area contributed by atoms with Gasteiger partial charge < -0.3 is 19.5 Å². The molecule has 2 heterocycles. The van der Waals surface area contributed by atoms with E-state index in [1.165, 1.54) is 11.3 Å². The molecule has 29 heavy (non-hydrogen) atoms. The van der Waals surface area contributed by atoms with Crippen LogP contribution in [0.5, 0.6) is 5.75 Å². The van der Waals surface area contributed by atoms with E-state index in [4.69, 9.17) is 9.47 Å². The van der Waals surface area contributed by atoms with Gasteiger partial charge in [-0.05, 0) is 49.4 Å². The Hall–Kier alpha value is -2.64. The Bertz CT molecular complexity index is 886. The number of benzene rings is 1. The Kier molecular flexibility index (Phi) is 6.71. The van der Waals surface area contributed by atoms with Crippen molar-refractivity contribution in [2.45, 2.75) is 32.4 Å². The maximum atomic E-state index is 13.1. The first-order chi connectivity index (χ1) is 13.9. The Morgan fingerprint density at radius 2 is 1.97 bits per heavy atom. The molecule has 0 bridgehead atoms. The molecule has 1 aromatic carbocycles. The summed E-state index contributed by atoms with van der Waals surface area (Å²) < 4.78 is 10.8. The van der Waals surface area contributed by atoms with Crippen molar-refractivity contribution in [1.29, 1.82) is 0 Å². The number of aliphatic hydroxyl groups is 1. The molecule has 1 atom stereocenters. The summed E-state index contributed by atoms with van der Waals surface area (Å²) in [6.07, 6.45) is 0.703. The Labute approximate surface area is 174 Å². The quantitative estimate of drug-likeness (QED) is 0.492. The van der Waals surface area contributed by atoms with Crippen LogP contribution in [-0.4, -0.2) is 48.1 Å². The van der Waals surface area contributed by atoms with Crippen molar-refractivity contribution >= 4 is 23.0 Å². The second kappa shape index (κ2) is 9.24. The molecule has 0 radical (unpaired) electrons. The molecule has 1 N–H and O–H groups in total. The first kappa shape index (κ1) is 21.1. The number of aliphatic hydroxyl groups excluding tert-OH is 1. The number of hydrogen-bond donors (Lipinski definition) is 1. The number of amides is 1. The third-order valence-corrected chi connectivity index (χ3v) is 5.59. The summed E-state index contributed by atoms with van der Waals surface area (Å²) in [4.78, 5) is 28.0. The molecule has 3 rings (SSSR count). The molecule has 1 aliphatic heterocycles. The fourth-order valence-electron chi connectivity index (χ4n) is 3.34. The largest absolute Gasteiger partial charge is 0.503 e. The van der Waals surface area contributed by atoms with Crippen LogP contribution in [-0.2, 0) is 9.53 Å². The predicted molar refractivity (Wildman–Crippen MR) is 111 cm³/mol. The van der Waals surface area contributed by atoms with Crippen molar-refractivity contribution in [3.63, 3.8) is 0 Å². The topological polar surface area (TPSA) is 76.1 Å². The maximum absolute atomic E-state index is 13.1. The normalized spacial score (nSPS) is 16.8. The summed E-state index contributed by atoms with van der Waals surface area (Å²) in [5, 5.41) is 12.4. The highest BCUT2D eigenvalue weighted by Crippen LogP contribution is 2.40. The Balaban J connectivity index is 1.93.